The molecule has 1 aromatic carbocycles. The molecule has 0 spiro atoms. The number of fused-ring (bicyclic) bond motifs is 1. The van der Waals surface area contributed by atoms with Gasteiger partial charge in [0.25, 0.3) is 5.91 Å². The maximum absolute atomic E-state index is 12.8. The summed E-state index contributed by atoms with van der Waals surface area (Å²) in [5.41, 5.74) is 2.14. The third-order valence-corrected chi connectivity index (χ3v) is 7.80. The molecule has 1 unspecified atom stereocenters. The van der Waals surface area contributed by atoms with Crippen LogP contribution in [0.15, 0.2) is 42.0 Å². The van der Waals surface area contributed by atoms with E-state index in [-0.39, 0.29) is 18.2 Å². The lowest BCUT2D eigenvalue weighted by molar-refractivity contribution is 0.0767. The zero-order chi connectivity index (χ0) is 17.4. The van der Waals surface area contributed by atoms with E-state index in [1.165, 1.54) is 11.3 Å². The molecule has 1 amide bonds. The lowest BCUT2D eigenvalue weighted by atomic mass is 10.1. The van der Waals surface area contributed by atoms with E-state index in [4.69, 9.17) is 0 Å². The largest absolute Gasteiger partial charge is 0.345 e. The van der Waals surface area contributed by atoms with Gasteiger partial charge in [-0.2, -0.15) is 0 Å². The molecule has 130 valence electrons. The standard InChI is InChI=1S/C17H17N3O3S2/c21-17(12-3-4-13-14(10-12)19-11-18-13)20-6-5-16(15-2-1-8-24-15)25(22,23)9-7-20/h1-4,8,10-11,16H,5-7,9H2,(H,18,19). The molecule has 3 aromatic rings. The number of H-pyrrole nitrogens is 1. The summed E-state index contributed by atoms with van der Waals surface area (Å²) in [6, 6.07) is 9.02. The van der Waals surface area contributed by atoms with Crippen LogP contribution >= 0.6 is 11.3 Å². The predicted molar refractivity (Wildman–Crippen MR) is 97.5 cm³/mol. The smallest absolute Gasteiger partial charge is 0.253 e. The number of benzene rings is 1. The van der Waals surface area contributed by atoms with Crippen LogP contribution in [-0.2, 0) is 9.84 Å². The lowest BCUT2D eigenvalue weighted by Gasteiger charge is -2.20. The zero-order valence-corrected chi connectivity index (χ0v) is 15.0. The van der Waals surface area contributed by atoms with E-state index in [0.717, 1.165) is 15.9 Å². The van der Waals surface area contributed by atoms with Gasteiger partial charge in [-0.25, -0.2) is 13.4 Å². The van der Waals surface area contributed by atoms with Gasteiger partial charge in [-0.3, -0.25) is 4.79 Å². The van der Waals surface area contributed by atoms with Crippen LogP contribution < -0.4 is 0 Å². The van der Waals surface area contributed by atoms with E-state index in [9.17, 15) is 13.2 Å². The normalized spacial score (nSPS) is 20.5. The zero-order valence-electron chi connectivity index (χ0n) is 13.4. The molecule has 4 rings (SSSR count). The fourth-order valence-corrected chi connectivity index (χ4v) is 6.20. The van der Waals surface area contributed by atoms with Crippen LogP contribution in [-0.4, -0.2) is 48.0 Å². The molecule has 1 aliphatic heterocycles. The number of hydrogen-bond donors (Lipinski definition) is 1. The van der Waals surface area contributed by atoms with Gasteiger partial charge in [0.15, 0.2) is 9.84 Å². The highest BCUT2D eigenvalue weighted by Crippen LogP contribution is 2.32. The highest BCUT2D eigenvalue weighted by Gasteiger charge is 2.33. The highest BCUT2D eigenvalue weighted by atomic mass is 32.2. The van der Waals surface area contributed by atoms with Gasteiger partial charge in [-0.05, 0) is 36.1 Å². The Hall–Kier alpha value is -2.19. The van der Waals surface area contributed by atoms with Crippen LogP contribution in [0.5, 0.6) is 0 Å². The maximum atomic E-state index is 12.8. The average molecular weight is 375 g/mol. The number of nitrogens with one attached hydrogen (secondary N) is 1. The number of hydrogen-bond acceptors (Lipinski definition) is 5. The van der Waals surface area contributed by atoms with E-state index in [1.54, 1.807) is 29.4 Å². The van der Waals surface area contributed by atoms with Crippen molar-refractivity contribution < 1.29 is 13.2 Å². The molecule has 0 bridgehead atoms. The first-order valence-electron chi connectivity index (χ1n) is 8.02. The Balaban J connectivity index is 1.58. The minimum Gasteiger partial charge on any atom is -0.345 e. The molecule has 0 saturated carbocycles. The summed E-state index contributed by atoms with van der Waals surface area (Å²) in [6.45, 7) is 0.658. The molecule has 6 nitrogen and oxygen atoms in total. The fraction of sp³-hybridized carbons (Fsp3) is 0.294. The first kappa shape index (κ1) is 16.3. The van der Waals surface area contributed by atoms with Crippen LogP contribution in [0.1, 0.15) is 26.9 Å². The summed E-state index contributed by atoms with van der Waals surface area (Å²) in [5.74, 6) is -0.147. The van der Waals surface area contributed by atoms with Gasteiger partial charge >= 0.3 is 0 Å². The Kier molecular flexibility index (Phi) is 4.09. The third kappa shape index (κ3) is 3.07. The number of sulfone groups is 1. The van der Waals surface area contributed by atoms with Crippen molar-refractivity contribution in [2.75, 3.05) is 18.8 Å². The van der Waals surface area contributed by atoms with Crippen LogP contribution in [0.3, 0.4) is 0 Å². The van der Waals surface area contributed by atoms with Crippen molar-refractivity contribution in [1.29, 1.82) is 0 Å². The molecular weight excluding hydrogens is 358 g/mol. The second-order valence-electron chi connectivity index (χ2n) is 6.09. The van der Waals surface area contributed by atoms with Gasteiger partial charge in [-0.1, -0.05) is 6.07 Å². The molecule has 1 N–H and O–H groups in total. The minimum absolute atomic E-state index is 0.00634. The number of rotatable bonds is 2. The molecule has 1 atom stereocenters. The lowest BCUT2D eigenvalue weighted by Crippen LogP contribution is -2.33. The highest BCUT2D eigenvalue weighted by molar-refractivity contribution is 7.91. The van der Waals surface area contributed by atoms with Crippen LogP contribution in [0, 0.1) is 0 Å². The Morgan fingerprint density at radius 1 is 1.28 bits per heavy atom. The summed E-state index contributed by atoms with van der Waals surface area (Å²) in [5, 5.41) is 1.37. The monoisotopic (exact) mass is 375 g/mol. The molecule has 2 aromatic heterocycles. The Bertz CT molecular complexity index is 1010. The fourth-order valence-electron chi connectivity index (χ4n) is 3.19. The Morgan fingerprint density at radius 3 is 2.96 bits per heavy atom. The second kappa shape index (κ2) is 6.27. The molecule has 0 aliphatic carbocycles. The van der Waals surface area contributed by atoms with Crippen molar-refractivity contribution in [3.8, 4) is 0 Å². The molecule has 8 heteroatoms. The Labute approximate surface area is 149 Å². The number of nitrogens with zero attached hydrogens (tertiary/aromatic N) is 2. The van der Waals surface area contributed by atoms with Crippen LogP contribution in [0.2, 0.25) is 0 Å². The topological polar surface area (TPSA) is 83.1 Å². The second-order valence-corrected chi connectivity index (χ2v) is 9.37. The van der Waals surface area contributed by atoms with Crippen molar-refractivity contribution in [2.45, 2.75) is 11.7 Å². The molecule has 1 aliphatic rings. The summed E-state index contributed by atoms with van der Waals surface area (Å²) in [6.07, 6.45) is 2.02. The average Bonchev–Trinajstić information content (AvgIpc) is 3.25. The number of amides is 1. The predicted octanol–water partition coefficient (Wildman–Crippen LogP) is 2.63. The summed E-state index contributed by atoms with van der Waals surface area (Å²) in [4.78, 5) is 22.5. The van der Waals surface area contributed by atoms with Gasteiger partial charge in [0.2, 0.25) is 0 Å². The van der Waals surface area contributed by atoms with Gasteiger partial charge < -0.3 is 9.88 Å². The molecule has 0 radical (unpaired) electrons. The summed E-state index contributed by atoms with van der Waals surface area (Å²) in [7, 11) is -3.26. The number of carbonyl (C=O) groups excluding carboxylic acids is 1. The quantitative estimate of drug-likeness (QED) is 0.746. The third-order valence-electron chi connectivity index (χ3n) is 4.56. The van der Waals surface area contributed by atoms with Crippen molar-refractivity contribution in [1.82, 2.24) is 14.9 Å². The van der Waals surface area contributed by atoms with Gasteiger partial charge in [0, 0.05) is 23.5 Å². The van der Waals surface area contributed by atoms with Crippen molar-refractivity contribution in [2.24, 2.45) is 0 Å². The molecule has 1 fully saturated rings. The summed E-state index contributed by atoms with van der Waals surface area (Å²) < 4.78 is 25.2. The van der Waals surface area contributed by atoms with E-state index in [1.807, 2.05) is 17.5 Å². The van der Waals surface area contributed by atoms with E-state index in [2.05, 4.69) is 9.97 Å². The molecule has 3 heterocycles. The summed E-state index contributed by atoms with van der Waals surface area (Å²) >= 11 is 1.46. The number of aromatic amines is 1. The molecule has 25 heavy (non-hydrogen) atoms. The maximum Gasteiger partial charge on any atom is 0.253 e. The number of carbonyl (C=O) groups is 1. The first-order chi connectivity index (χ1) is 12.0. The van der Waals surface area contributed by atoms with Gasteiger partial charge in [0.05, 0.1) is 28.4 Å². The van der Waals surface area contributed by atoms with Gasteiger partial charge in [-0.15, -0.1) is 11.3 Å². The van der Waals surface area contributed by atoms with Crippen LogP contribution in [0.4, 0.5) is 0 Å². The molecular formula is C17H17N3O3S2. The van der Waals surface area contributed by atoms with E-state index < -0.39 is 15.1 Å². The van der Waals surface area contributed by atoms with Crippen molar-refractivity contribution in [3.63, 3.8) is 0 Å². The van der Waals surface area contributed by atoms with Crippen molar-refractivity contribution >= 4 is 38.1 Å². The van der Waals surface area contributed by atoms with E-state index in [0.29, 0.717) is 18.5 Å². The van der Waals surface area contributed by atoms with Crippen LogP contribution in [0.25, 0.3) is 11.0 Å². The SMILES string of the molecule is O=C(c1ccc2nc[nH]c2c1)N1CCC(c2cccs2)S(=O)(=O)CC1. The van der Waals surface area contributed by atoms with Crippen molar-refractivity contribution in [3.05, 3.63) is 52.5 Å². The Morgan fingerprint density at radius 2 is 2.16 bits per heavy atom. The number of thiophene rings is 1. The van der Waals surface area contributed by atoms with Gasteiger partial charge in [0.1, 0.15) is 0 Å². The minimum atomic E-state index is -3.26. The number of aromatic nitrogens is 2. The number of imidazole rings is 1. The molecule has 1 saturated heterocycles. The van der Waals surface area contributed by atoms with E-state index >= 15 is 0 Å². The first-order valence-corrected chi connectivity index (χ1v) is 10.6.